The molecule has 1 amide bonds. The minimum Gasteiger partial charge on any atom is -0.497 e. The predicted molar refractivity (Wildman–Crippen MR) is 140 cm³/mol. The van der Waals surface area contributed by atoms with Crippen molar-refractivity contribution in [3.63, 3.8) is 0 Å². The van der Waals surface area contributed by atoms with Crippen molar-refractivity contribution in [2.24, 2.45) is 5.92 Å². The zero-order chi connectivity index (χ0) is 25.3. The highest BCUT2D eigenvalue weighted by atomic mass is 32.2. The quantitative estimate of drug-likeness (QED) is 0.455. The van der Waals surface area contributed by atoms with Gasteiger partial charge in [0.1, 0.15) is 5.75 Å². The summed E-state index contributed by atoms with van der Waals surface area (Å²) >= 11 is 1.46. The van der Waals surface area contributed by atoms with E-state index in [9.17, 15) is 13.2 Å². The summed E-state index contributed by atoms with van der Waals surface area (Å²) in [5, 5.41) is 0.609. The Hall–Kier alpha value is -2.53. The van der Waals surface area contributed by atoms with Crippen molar-refractivity contribution in [3.05, 3.63) is 48.0 Å². The van der Waals surface area contributed by atoms with Crippen LogP contribution in [0.15, 0.2) is 47.4 Å². The second-order valence-corrected chi connectivity index (χ2v) is 12.4. The van der Waals surface area contributed by atoms with Gasteiger partial charge in [0, 0.05) is 25.8 Å². The molecular weight excluding hydrogens is 498 g/mol. The molecular formula is C26H31N3O5S2. The number of carbonyl (C=O) groups is 1. The normalized spacial score (nSPS) is 21.1. The summed E-state index contributed by atoms with van der Waals surface area (Å²) in [6.07, 6.45) is 3.08. The number of carbonyl (C=O) groups excluding carboxylic acids is 1. The molecule has 0 spiro atoms. The van der Waals surface area contributed by atoms with Gasteiger partial charge in [0.15, 0.2) is 5.13 Å². The summed E-state index contributed by atoms with van der Waals surface area (Å²) in [4.78, 5) is 20.7. The number of hydrogen-bond donors (Lipinski definition) is 0. The lowest BCUT2D eigenvalue weighted by Crippen LogP contribution is -2.48. The van der Waals surface area contributed by atoms with E-state index in [0.717, 1.165) is 28.6 Å². The Bertz CT molecular complexity index is 1330. The van der Waals surface area contributed by atoms with Crippen LogP contribution in [0.5, 0.6) is 5.75 Å². The molecule has 3 aromatic rings. The number of benzene rings is 2. The van der Waals surface area contributed by atoms with Crippen LogP contribution in [0.4, 0.5) is 5.13 Å². The first-order chi connectivity index (χ1) is 17.3. The molecule has 192 valence electrons. The number of aromatic nitrogens is 1. The number of nitrogens with zero attached hydrogens (tertiary/aromatic N) is 3. The summed E-state index contributed by atoms with van der Waals surface area (Å²) in [5.41, 5.74) is 1.77. The number of fused-ring (bicyclic) bond motifs is 1. The fourth-order valence-electron chi connectivity index (χ4n) is 4.83. The Morgan fingerprint density at radius 1 is 1.19 bits per heavy atom. The van der Waals surface area contributed by atoms with Crippen LogP contribution < -0.4 is 9.64 Å². The maximum absolute atomic E-state index is 13.9. The third kappa shape index (κ3) is 5.13. The highest BCUT2D eigenvalue weighted by molar-refractivity contribution is 7.89. The van der Waals surface area contributed by atoms with E-state index < -0.39 is 15.9 Å². The number of amides is 1. The average molecular weight is 530 g/mol. The predicted octanol–water partition coefficient (Wildman–Crippen LogP) is 4.23. The molecule has 2 atom stereocenters. The highest BCUT2D eigenvalue weighted by Gasteiger charge is 2.37. The Labute approximate surface area is 215 Å². The molecule has 0 bridgehead atoms. The van der Waals surface area contributed by atoms with Gasteiger partial charge in [-0.25, -0.2) is 13.4 Å². The van der Waals surface area contributed by atoms with Crippen LogP contribution in [0.25, 0.3) is 10.2 Å². The number of ether oxygens (including phenoxy) is 2. The Morgan fingerprint density at radius 3 is 2.72 bits per heavy atom. The van der Waals surface area contributed by atoms with Crippen LogP contribution in [-0.4, -0.2) is 63.1 Å². The SMILES string of the molecule is COc1ccc2sc(N(CC3CCCO3)C(=O)C3CCCN(S(=O)(=O)c4ccc(C)cc4)C3)nc2c1. The van der Waals surface area contributed by atoms with Crippen molar-refractivity contribution < 1.29 is 22.7 Å². The van der Waals surface area contributed by atoms with Gasteiger partial charge >= 0.3 is 0 Å². The summed E-state index contributed by atoms with van der Waals surface area (Å²) in [6, 6.07) is 12.5. The molecule has 2 aliphatic rings. The summed E-state index contributed by atoms with van der Waals surface area (Å²) in [6.45, 7) is 3.60. The number of methoxy groups -OCH3 is 1. The molecule has 2 aromatic carbocycles. The van der Waals surface area contributed by atoms with Gasteiger partial charge in [0.25, 0.3) is 0 Å². The Morgan fingerprint density at radius 2 is 2.00 bits per heavy atom. The van der Waals surface area contributed by atoms with E-state index in [2.05, 4.69) is 0 Å². The molecule has 1 aromatic heterocycles. The van der Waals surface area contributed by atoms with E-state index in [1.807, 2.05) is 25.1 Å². The van der Waals surface area contributed by atoms with E-state index in [-0.39, 0.29) is 23.5 Å². The second kappa shape index (κ2) is 10.5. The minimum atomic E-state index is -3.68. The van der Waals surface area contributed by atoms with Crippen LogP contribution in [-0.2, 0) is 19.6 Å². The average Bonchev–Trinajstić information content (AvgIpc) is 3.56. The molecule has 10 heteroatoms. The van der Waals surface area contributed by atoms with Crippen LogP contribution in [0.3, 0.4) is 0 Å². The monoisotopic (exact) mass is 529 g/mol. The maximum Gasteiger partial charge on any atom is 0.243 e. The van der Waals surface area contributed by atoms with Crippen molar-refractivity contribution in [1.29, 1.82) is 0 Å². The minimum absolute atomic E-state index is 0.0496. The topological polar surface area (TPSA) is 89.0 Å². The molecule has 0 N–H and O–H groups in total. The molecule has 5 rings (SSSR count). The molecule has 2 aliphatic heterocycles. The Kier molecular flexibility index (Phi) is 7.30. The fourth-order valence-corrected chi connectivity index (χ4v) is 7.32. The molecule has 2 saturated heterocycles. The molecule has 0 radical (unpaired) electrons. The third-order valence-corrected chi connectivity index (χ3v) is 9.82. The smallest absolute Gasteiger partial charge is 0.243 e. The first-order valence-corrected chi connectivity index (χ1v) is 14.5. The lowest BCUT2D eigenvalue weighted by atomic mass is 9.98. The summed E-state index contributed by atoms with van der Waals surface area (Å²) < 4.78 is 40.2. The first-order valence-electron chi connectivity index (χ1n) is 12.3. The largest absolute Gasteiger partial charge is 0.497 e. The number of hydrogen-bond acceptors (Lipinski definition) is 7. The number of aryl methyl sites for hydroxylation is 1. The third-order valence-electron chi connectivity index (χ3n) is 6.88. The van der Waals surface area contributed by atoms with Gasteiger partial charge in [-0.15, -0.1) is 0 Å². The van der Waals surface area contributed by atoms with Crippen molar-refractivity contribution in [1.82, 2.24) is 9.29 Å². The van der Waals surface area contributed by atoms with E-state index in [4.69, 9.17) is 14.5 Å². The standard InChI is InChI=1S/C26H31N3O5S2/c1-18-7-10-22(11-8-18)36(31,32)28-13-3-5-19(16-28)25(30)29(17-21-6-4-14-34-21)26-27-23-15-20(33-2)9-12-24(23)35-26/h7-12,15,19,21H,3-6,13-14,16-17H2,1-2H3. The van der Waals surface area contributed by atoms with E-state index in [1.165, 1.54) is 15.6 Å². The number of anilines is 1. The Balaban J connectivity index is 1.41. The first kappa shape index (κ1) is 25.1. The zero-order valence-electron chi connectivity index (χ0n) is 20.6. The molecule has 0 saturated carbocycles. The van der Waals surface area contributed by atoms with Gasteiger partial charge < -0.3 is 9.47 Å². The second-order valence-electron chi connectivity index (χ2n) is 9.43. The molecule has 8 nitrogen and oxygen atoms in total. The van der Waals surface area contributed by atoms with Gasteiger partial charge in [-0.2, -0.15) is 4.31 Å². The van der Waals surface area contributed by atoms with E-state index in [1.54, 1.807) is 36.3 Å². The van der Waals surface area contributed by atoms with E-state index >= 15 is 0 Å². The lowest BCUT2D eigenvalue weighted by molar-refractivity contribution is -0.123. The lowest BCUT2D eigenvalue weighted by Gasteiger charge is -2.34. The van der Waals surface area contributed by atoms with Gasteiger partial charge in [-0.3, -0.25) is 9.69 Å². The van der Waals surface area contributed by atoms with Crippen LogP contribution in [0.1, 0.15) is 31.2 Å². The van der Waals surface area contributed by atoms with Crippen LogP contribution >= 0.6 is 11.3 Å². The van der Waals surface area contributed by atoms with Crippen molar-refractivity contribution in [3.8, 4) is 5.75 Å². The number of piperidine rings is 1. The van der Waals surface area contributed by atoms with Crippen molar-refractivity contribution in [2.45, 2.75) is 43.6 Å². The van der Waals surface area contributed by atoms with Crippen molar-refractivity contribution in [2.75, 3.05) is 38.3 Å². The van der Waals surface area contributed by atoms with Crippen molar-refractivity contribution >= 4 is 42.6 Å². The van der Waals surface area contributed by atoms with Gasteiger partial charge in [-0.1, -0.05) is 29.0 Å². The summed E-state index contributed by atoms with van der Waals surface area (Å²) in [7, 11) is -2.06. The molecule has 36 heavy (non-hydrogen) atoms. The molecule has 0 aliphatic carbocycles. The highest BCUT2D eigenvalue weighted by Crippen LogP contribution is 2.34. The van der Waals surface area contributed by atoms with E-state index in [0.29, 0.717) is 43.4 Å². The van der Waals surface area contributed by atoms with Crippen LogP contribution in [0.2, 0.25) is 0 Å². The number of thiazole rings is 1. The molecule has 3 heterocycles. The molecule has 2 unspecified atom stereocenters. The molecule has 2 fully saturated rings. The number of rotatable bonds is 7. The number of sulfonamides is 1. The zero-order valence-corrected chi connectivity index (χ0v) is 22.2. The van der Waals surface area contributed by atoms with Crippen LogP contribution in [0, 0.1) is 12.8 Å². The fraction of sp³-hybridized carbons (Fsp3) is 0.462. The summed E-state index contributed by atoms with van der Waals surface area (Å²) in [5.74, 6) is 0.169. The van der Waals surface area contributed by atoms with Gasteiger partial charge in [0.05, 0.1) is 40.8 Å². The van der Waals surface area contributed by atoms with Gasteiger partial charge in [-0.05, 0) is 56.9 Å². The van der Waals surface area contributed by atoms with Gasteiger partial charge in [0.2, 0.25) is 15.9 Å². The maximum atomic E-state index is 13.9.